The second-order valence-corrected chi connectivity index (χ2v) is 5.55. The summed E-state index contributed by atoms with van der Waals surface area (Å²) in [7, 11) is 0. The number of benzene rings is 2. The van der Waals surface area contributed by atoms with Gasteiger partial charge in [0, 0.05) is 6.04 Å². The largest absolute Gasteiger partial charge is 0.486 e. The predicted molar refractivity (Wildman–Crippen MR) is 88.6 cm³/mol. The molecule has 1 unspecified atom stereocenters. The molecule has 0 spiro atoms. The van der Waals surface area contributed by atoms with Gasteiger partial charge in [-0.2, -0.15) is 0 Å². The summed E-state index contributed by atoms with van der Waals surface area (Å²) < 4.78 is 11.2. The fourth-order valence-electron chi connectivity index (χ4n) is 2.82. The summed E-state index contributed by atoms with van der Waals surface area (Å²) in [5, 5.41) is 3.64. The Labute approximate surface area is 132 Å². The van der Waals surface area contributed by atoms with Crippen molar-refractivity contribution in [3.8, 4) is 11.5 Å². The first-order valence-electron chi connectivity index (χ1n) is 8.03. The minimum Gasteiger partial charge on any atom is -0.486 e. The maximum absolute atomic E-state index is 5.64. The zero-order valence-corrected chi connectivity index (χ0v) is 13.0. The van der Waals surface area contributed by atoms with E-state index in [0.29, 0.717) is 19.3 Å². The third-order valence-electron chi connectivity index (χ3n) is 4.02. The van der Waals surface area contributed by atoms with E-state index in [4.69, 9.17) is 9.47 Å². The highest BCUT2D eigenvalue weighted by atomic mass is 16.6. The van der Waals surface area contributed by atoms with Gasteiger partial charge in [0.05, 0.1) is 0 Å². The Morgan fingerprint density at radius 3 is 2.55 bits per heavy atom. The molecule has 2 aromatic rings. The van der Waals surface area contributed by atoms with Gasteiger partial charge in [-0.3, -0.25) is 0 Å². The molecule has 0 fully saturated rings. The molecule has 0 amide bonds. The summed E-state index contributed by atoms with van der Waals surface area (Å²) in [6, 6.07) is 17.3. The lowest BCUT2D eigenvalue weighted by molar-refractivity contribution is 0.171. The van der Waals surface area contributed by atoms with Gasteiger partial charge in [-0.1, -0.05) is 43.3 Å². The smallest absolute Gasteiger partial charge is 0.161 e. The Hall–Kier alpha value is -2.00. The quantitative estimate of drug-likeness (QED) is 0.881. The number of ether oxygens (including phenoxy) is 2. The molecule has 0 saturated carbocycles. The number of nitrogens with one attached hydrogen (secondary N) is 1. The van der Waals surface area contributed by atoms with E-state index in [9.17, 15) is 0 Å². The van der Waals surface area contributed by atoms with Crippen molar-refractivity contribution in [1.29, 1.82) is 0 Å². The highest BCUT2D eigenvalue weighted by molar-refractivity contribution is 5.43. The Balaban J connectivity index is 1.56. The van der Waals surface area contributed by atoms with Gasteiger partial charge in [0.25, 0.3) is 0 Å². The second-order valence-electron chi connectivity index (χ2n) is 5.55. The van der Waals surface area contributed by atoms with Crippen LogP contribution in [-0.4, -0.2) is 19.8 Å². The molecule has 116 valence electrons. The van der Waals surface area contributed by atoms with Crippen LogP contribution in [0, 0.1) is 0 Å². The molecule has 0 bridgehead atoms. The average Bonchev–Trinajstić information content (AvgIpc) is 2.59. The third-order valence-corrected chi connectivity index (χ3v) is 4.02. The molecular formula is C19H23NO2. The van der Waals surface area contributed by atoms with E-state index in [1.807, 2.05) is 6.07 Å². The fraction of sp³-hybridized carbons (Fsp3) is 0.368. The van der Waals surface area contributed by atoms with Gasteiger partial charge in [0.15, 0.2) is 11.5 Å². The zero-order chi connectivity index (χ0) is 15.2. The predicted octanol–water partition coefficient (Wildman–Crippen LogP) is 3.74. The fourth-order valence-corrected chi connectivity index (χ4v) is 2.82. The van der Waals surface area contributed by atoms with E-state index < -0.39 is 0 Å². The average molecular weight is 297 g/mol. The van der Waals surface area contributed by atoms with E-state index in [2.05, 4.69) is 54.7 Å². The Morgan fingerprint density at radius 1 is 1.00 bits per heavy atom. The molecule has 3 heteroatoms. The maximum Gasteiger partial charge on any atom is 0.161 e. The van der Waals surface area contributed by atoms with E-state index >= 15 is 0 Å². The second kappa shape index (κ2) is 7.32. The van der Waals surface area contributed by atoms with Gasteiger partial charge in [-0.25, -0.2) is 0 Å². The Morgan fingerprint density at radius 2 is 1.77 bits per heavy atom. The maximum atomic E-state index is 5.64. The highest BCUT2D eigenvalue weighted by Gasteiger charge is 2.12. The number of hydrogen-bond acceptors (Lipinski definition) is 3. The zero-order valence-electron chi connectivity index (χ0n) is 13.0. The van der Waals surface area contributed by atoms with Crippen LogP contribution in [0.2, 0.25) is 0 Å². The van der Waals surface area contributed by atoms with Crippen LogP contribution in [0.4, 0.5) is 0 Å². The summed E-state index contributed by atoms with van der Waals surface area (Å²) in [6.07, 6.45) is 2.07. The van der Waals surface area contributed by atoms with Crippen molar-refractivity contribution in [2.24, 2.45) is 0 Å². The summed E-state index contributed by atoms with van der Waals surface area (Å²) in [6.45, 7) is 4.45. The van der Waals surface area contributed by atoms with Crippen molar-refractivity contribution in [2.75, 3.05) is 19.8 Å². The van der Waals surface area contributed by atoms with Crippen molar-refractivity contribution < 1.29 is 9.47 Å². The van der Waals surface area contributed by atoms with Crippen LogP contribution in [0.5, 0.6) is 11.5 Å². The van der Waals surface area contributed by atoms with Crippen LogP contribution in [0.25, 0.3) is 0 Å². The van der Waals surface area contributed by atoms with Crippen molar-refractivity contribution in [3.63, 3.8) is 0 Å². The minimum absolute atomic E-state index is 0.415. The Kier molecular flexibility index (Phi) is 4.96. The third kappa shape index (κ3) is 3.60. The van der Waals surface area contributed by atoms with Crippen molar-refractivity contribution in [2.45, 2.75) is 25.8 Å². The highest BCUT2D eigenvalue weighted by Crippen LogP contribution is 2.30. The topological polar surface area (TPSA) is 30.5 Å². The van der Waals surface area contributed by atoms with Crippen LogP contribution < -0.4 is 14.8 Å². The minimum atomic E-state index is 0.415. The number of rotatable bonds is 6. The summed E-state index contributed by atoms with van der Waals surface area (Å²) >= 11 is 0. The van der Waals surface area contributed by atoms with Crippen LogP contribution in [0.15, 0.2) is 48.5 Å². The SMILES string of the molecule is CCC(NCCc1ccc2c(c1)OCCO2)c1ccccc1. The van der Waals surface area contributed by atoms with Crippen LogP contribution in [0.1, 0.15) is 30.5 Å². The molecule has 0 radical (unpaired) electrons. The molecule has 0 aromatic heterocycles. The first-order chi connectivity index (χ1) is 10.9. The lowest BCUT2D eigenvalue weighted by Crippen LogP contribution is -2.23. The molecule has 0 saturated heterocycles. The van der Waals surface area contributed by atoms with Gasteiger partial charge >= 0.3 is 0 Å². The van der Waals surface area contributed by atoms with E-state index in [1.54, 1.807) is 0 Å². The van der Waals surface area contributed by atoms with Gasteiger partial charge in [0.1, 0.15) is 13.2 Å². The first-order valence-corrected chi connectivity index (χ1v) is 8.03. The molecule has 22 heavy (non-hydrogen) atoms. The van der Waals surface area contributed by atoms with Crippen LogP contribution in [0.3, 0.4) is 0 Å². The van der Waals surface area contributed by atoms with Crippen LogP contribution >= 0.6 is 0 Å². The summed E-state index contributed by atoms with van der Waals surface area (Å²) in [4.78, 5) is 0. The lowest BCUT2D eigenvalue weighted by Gasteiger charge is -2.20. The molecule has 1 heterocycles. The van der Waals surface area contributed by atoms with E-state index in [-0.39, 0.29) is 0 Å². The summed E-state index contributed by atoms with van der Waals surface area (Å²) in [5.41, 5.74) is 2.63. The Bertz CT molecular complexity index is 598. The van der Waals surface area contributed by atoms with Crippen LogP contribution in [-0.2, 0) is 6.42 Å². The van der Waals surface area contributed by atoms with E-state index in [1.165, 1.54) is 11.1 Å². The molecule has 3 rings (SSSR count). The number of fused-ring (bicyclic) bond motifs is 1. The molecule has 2 aromatic carbocycles. The summed E-state index contributed by atoms with van der Waals surface area (Å²) in [5.74, 6) is 1.73. The molecule has 1 aliphatic rings. The van der Waals surface area contributed by atoms with Gasteiger partial charge in [-0.15, -0.1) is 0 Å². The van der Waals surface area contributed by atoms with Crippen molar-refractivity contribution in [3.05, 3.63) is 59.7 Å². The standard InChI is InChI=1S/C19H23NO2/c1-2-17(16-6-4-3-5-7-16)20-11-10-15-8-9-18-19(14-15)22-13-12-21-18/h3-9,14,17,20H,2,10-13H2,1H3. The van der Waals surface area contributed by atoms with Gasteiger partial charge < -0.3 is 14.8 Å². The molecule has 1 N–H and O–H groups in total. The number of hydrogen-bond donors (Lipinski definition) is 1. The van der Waals surface area contributed by atoms with Crippen molar-refractivity contribution >= 4 is 0 Å². The normalized spacial score (nSPS) is 14.6. The lowest BCUT2D eigenvalue weighted by atomic mass is 10.0. The molecule has 1 aliphatic heterocycles. The molecular weight excluding hydrogens is 274 g/mol. The van der Waals surface area contributed by atoms with E-state index in [0.717, 1.165) is 30.9 Å². The monoisotopic (exact) mass is 297 g/mol. The van der Waals surface area contributed by atoms with Crippen molar-refractivity contribution in [1.82, 2.24) is 5.32 Å². The molecule has 0 aliphatic carbocycles. The van der Waals surface area contributed by atoms with Gasteiger partial charge in [-0.05, 0) is 42.6 Å². The molecule has 3 nitrogen and oxygen atoms in total. The van der Waals surface area contributed by atoms with Gasteiger partial charge in [0.2, 0.25) is 0 Å². The molecule has 1 atom stereocenters. The first kappa shape index (κ1) is 14.9.